The van der Waals surface area contributed by atoms with E-state index in [1.807, 2.05) is 0 Å². The summed E-state index contributed by atoms with van der Waals surface area (Å²) in [5, 5.41) is 3.25. The van der Waals surface area contributed by atoms with Crippen LogP contribution in [0.5, 0.6) is 0 Å². The molecule has 112 valence electrons. The van der Waals surface area contributed by atoms with Gasteiger partial charge in [0.1, 0.15) is 0 Å². The molecule has 1 rings (SSSR count). The van der Waals surface area contributed by atoms with Gasteiger partial charge in [0, 0.05) is 12.6 Å². The highest BCUT2D eigenvalue weighted by molar-refractivity contribution is 5.79. The van der Waals surface area contributed by atoms with Crippen LogP contribution in [0, 0.1) is 16.7 Å². The molecule has 3 nitrogen and oxygen atoms in total. The molecule has 1 atom stereocenters. The van der Waals surface area contributed by atoms with Crippen molar-refractivity contribution in [1.82, 2.24) is 5.32 Å². The molecule has 3 heteroatoms. The molecule has 0 spiro atoms. The van der Waals surface area contributed by atoms with Crippen LogP contribution in [0.3, 0.4) is 0 Å². The summed E-state index contributed by atoms with van der Waals surface area (Å²) in [6.07, 6.45) is 5.28. The molecule has 19 heavy (non-hydrogen) atoms. The zero-order valence-electron chi connectivity index (χ0n) is 13.4. The Morgan fingerprint density at radius 1 is 1.26 bits per heavy atom. The Bertz CT molecular complexity index is 294. The summed E-state index contributed by atoms with van der Waals surface area (Å²) >= 11 is 0. The van der Waals surface area contributed by atoms with Crippen molar-refractivity contribution in [2.75, 3.05) is 6.54 Å². The Kier molecular flexibility index (Phi) is 5.43. The first-order valence-electron chi connectivity index (χ1n) is 7.69. The Morgan fingerprint density at radius 3 is 2.21 bits per heavy atom. The highest BCUT2D eigenvalue weighted by Gasteiger charge is 2.39. The average Bonchev–Trinajstić information content (AvgIpc) is 2.20. The second-order valence-electron chi connectivity index (χ2n) is 7.84. The lowest BCUT2D eigenvalue weighted by Gasteiger charge is -2.45. The van der Waals surface area contributed by atoms with Crippen LogP contribution in [0.15, 0.2) is 0 Å². The summed E-state index contributed by atoms with van der Waals surface area (Å²) in [5.41, 5.74) is 6.33. The zero-order chi connectivity index (χ0) is 14.7. The van der Waals surface area contributed by atoms with E-state index in [1.54, 1.807) is 0 Å². The van der Waals surface area contributed by atoms with Crippen molar-refractivity contribution in [2.24, 2.45) is 22.5 Å². The minimum Gasteiger partial charge on any atom is -0.353 e. The normalized spacial score (nSPS) is 23.9. The number of carbonyl (C=O) groups excluding carboxylic acids is 1. The lowest BCUT2D eigenvalue weighted by atomic mass is 9.63. The molecule has 0 aromatic carbocycles. The van der Waals surface area contributed by atoms with Gasteiger partial charge in [-0.05, 0) is 36.5 Å². The lowest BCUT2D eigenvalue weighted by Crippen LogP contribution is -2.48. The third-order valence-electron chi connectivity index (χ3n) is 4.19. The molecule has 0 aromatic heterocycles. The second kappa shape index (κ2) is 6.25. The molecule has 0 bridgehead atoms. The summed E-state index contributed by atoms with van der Waals surface area (Å²) in [5.74, 6) is 0.140. The van der Waals surface area contributed by atoms with Gasteiger partial charge >= 0.3 is 0 Å². The van der Waals surface area contributed by atoms with Gasteiger partial charge in [0.05, 0.1) is 5.92 Å². The average molecular weight is 268 g/mol. The maximum absolute atomic E-state index is 12.3. The van der Waals surface area contributed by atoms with Gasteiger partial charge in [0.2, 0.25) is 5.91 Å². The summed E-state index contributed by atoms with van der Waals surface area (Å²) in [6, 6.07) is 0.303. The largest absolute Gasteiger partial charge is 0.353 e. The Morgan fingerprint density at radius 2 is 1.79 bits per heavy atom. The number of amides is 1. The van der Waals surface area contributed by atoms with Crippen LogP contribution >= 0.6 is 0 Å². The third kappa shape index (κ3) is 5.13. The Labute approximate surface area is 118 Å². The van der Waals surface area contributed by atoms with Crippen LogP contribution in [0.2, 0.25) is 0 Å². The fourth-order valence-corrected chi connectivity index (χ4v) is 3.97. The fraction of sp³-hybridized carbons (Fsp3) is 0.938. The fourth-order valence-electron chi connectivity index (χ4n) is 3.97. The van der Waals surface area contributed by atoms with Crippen LogP contribution < -0.4 is 11.1 Å². The number of nitrogens with two attached hydrogens (primary N) is 1. The first-order chi connectivity index (χ1) is 8.69. The minimum absolute atomic E-state index is 0.0156. The van der Waals surface area contributed by atoms with Crippen molar-refractivity contribution in [3.8, 4) is 0 Å². The molecule has 1 amide bonds. The van der Waals surface area contributed by atoms with E-state index in [9.17, 15) is 4.79 Å². The molecule has 3 N–H and O–H groups in total. The van der Waals surface area contributed by atoms with E-state index in [2.05, 4.69) is 39.9 Å². The smallest absolute Gasteiger partial charge is 0.224 e. The van der Waals surface area contributed by atoms with Crippen LogP contribution in [0.1, 0.15) is 66.7 Å². The number of carbonyl (C=O) groups is 1. The third-order valence-corrected chi connectivity index (χ3v) is 4.19. The predicted molar refractivity (Wildman–Crippen MR) is 80.8 cm³/mol. The minimum atomic E-state index is -0.0156. The monoisotopic (exact) mass is 268 g/mol. The molecule has 1 aliphatic carbocycles. The maximum Gasteiger partial charge on any atom is 0.224 e. The van der Waals surface area contributed by atoms with E-state index in [0.29, 0.717) is 23.4 Å². The van der Waals surface area contributed by atoms with Gasteiger partial charge in [-0.25, -0.2) is 0 Å². The van der Waals surface area contributed by atoms with E-state index in [0.717, 1.165) is 25.7 Å². The number of rotatable bonds is 5. The van der Waals surface area contributed by atoms with Gasteiger partial charge in [0.25, 0.3) is 0 Å². The lowest BCUT2D eigenvalue weighted by molar-refractivity contribution is -0.126. The first-order valence-corrected chi connectivity index (χ1v) is 7.69. The van der Waals surface area contributed by atoms with Crippen molar-refractivity contribution < 1.29 is 4.79 Å². The molecule has 0 aromatic rings. The van der Waals surface area contributed by atoms with Gasteiger partial charge in [-0.2, -0.15) is 0 Å². The van der Waals surface area contributed by atoms with Crippen molar-refractivity contribution in [3.63, 3.8) is 0 Å². The molecule has 1 aliphatic rings. The van der Waals surface area contributed by atoms with E-state index in [4.69, 9.17) is 5.73 Å². The van der Waals surface area contributed by atoms with Crippen molar-refractivity contribution in [3.05, 3.63) is 0 Å². The van der Waals surface area contributed by atoms with E-state index >= 15 is 0 Å². The van der Waals surface area contributed by atoms with Crippen molar-refractivity contribution in [2.45, 2.75) is 72.8 Å². The summed E-state index contributed by atoms with van der Waals surface area (Å²) in [4.78, 5) is 12.3. The van der Waals surface area contributed by atoms with Gasteiger partial charge in [-0.1, -0.05) is 41.0 Å². The highest BCUT2D eigenvalue weighted by atomic mass is 16.1. The number of nitrogens with one attached hydrogen (secondary N) is 1. The van der Waals surface area contributed by atoms with Gasteiger partial charge < -0.3 is 11.1 Å². The first kappa shape index (κ1) is 16.5. The van der Waals surface area contributed by atoms with Crippen LogP contribution in [-0.2, 0) is 4.79 Å². The zero-order valence-corrected chi connectivity index (χ0v) is 13.4. The van der Waals surface area contributed by atoms with Crippen LogP contribution in [0.25, 0.3) is 0 Å². The summed E-state index contributed by atoms with van der Waals surface area (Å²) < 4.78 is 0. The van der Waals surface area contributed by atoms with Crippen LogP contribution in [-0.4, -0.2) is 18.5 Å². The maximum atomic E-state index is 12.3. The molecule has 1 unspecified atom stereocenters. The van der Waals surface area contributed by atoms with Crippen LogP contribution in [0.4, 0.5) is 0 Å². The standard InChI is InChI=1S/C16H32N2O/c1-6-7-12(10-17)14(19)18-13-8-15(2,3)11-16(4,5)9-13/h12-13H,6-11,17H2,1-5H3,(H,18,19). The molecule has 1 saturated carbocycles. The van der Waals surface area contributed by atoms with E-state index in [-0.39, 0.29) is 11.8 Å². The molecule has 1 fully saturated rings. The molecule has 0 saturated heterocycles. The van der Waals surface area contributed by atoms with E-state index < -0.39 is 0 Å². The predicted octanol–water partition coefficient (Wildman–Crippen LogP) is 3.08. The summed E-state index contributed by atoms with van der Waals surface area (Å²) in [7, 11) is 0. The second-order valence-corrected chi connectivity index (χ2v) is 7.84. The summed E-state index contributed by atoms with van der Waals surface area (Å²) in [6.45, 7) is 11.8. The quantitative estimate of drug-likeness (QED) is 0.805. The molecule has 0 radical (unpaired) electrons. The Hall–Kier alpha value is -0.570. The molecule has 0 aliphatic heterocycles. The Balaban J connectivity index is 2.63. The number of hydrogen-bond acceptors (Lipinski definition) is 2. The van der Waals surface area contributed by atoms with Crippen molar-refractivity contribution >= 4 is 5.91 Å². The molecular weight excluding hydrogens is 236 g/mol. The van der Waals surface area contributed by atoms with Gasteiger partial charge in [0.15, 0.2) is 0 Å². The molecule has 0 heterocycles. The van der Waals surface area contributed by atoms with E-state index in [1.165, 1.54) is 6.42 Å². The van der Waals surface area contributed by atoms with Gasteiger partial charge in [-0.3, -0.25) is 4.79 Å². The topological polar surface area (TPSA) is 55.1 Å². The van der Waals surface area contributed by atoms with Gasteiger partial charge in [-0.15, -0.1) is 0 Å². The SMILES string of the molecule is CCCC(CN)C(=O)NC1CC(C)(C)CC(C)(C)C1. The molecular formula is C16H32N2O. The number of hydrogen-bond donors (Lipinski definition) is 2. The highest BCUT2D eigenvalue weighted by Crippen LogP contribution is 2.45. The van der Waals surface area contributed by atoms with Crippen molar-refractivity contribution in [1.29, 1.82) is 0 Å².